The van der Waals surface area contributed by atoms with Crippen molar-refractivity contribution in [3.63, 3.8) is 0 Å². The SMILES string of the molecule is CC1COCCN1c1ccc(NC(=O)c2ccc(F)cc2)cc1. The Labute approximate surface area is 134 Å². The Hall–Kier alpha value is -2.40. The van der Waals surface area contributed by atoms with Gasteiger partial charge in [-0.05, 0) is 55.5 Å². The van der Waals surface area contributed by atoms with E-state index in [0.717, 1.165) is 25.4 Å². The van der Waals surface area contributed by atoms with Crippen LogP contribution < -0.4 is 10.2 Å². The summed E-state index contributed by atoms with van der Waals surface area (Å²) in [6.45, 7) is 4.45. The summed E-state index contributed by atoms with van der Waals surface area (Å²) in [5.41, 5.74) is 2.25. The van der Waals surface area contributed by atoms with Crippen molar-refractivity contribution < 1.29 is 13.9 Å². The highest BCUT2D eigenvalue weighted by Crippen LogP contribution is 2.22. The van der Waals surface area contributed by atoms with Crippen LogP contribution in [0.25, 0.3) is 0 Å². The van der Waals surface area contributed by atoms with Crippen molar-refractivity contribution in [2.45, 2.75) is 13.0 Å². The first-order valence-corrected chi connectivity index (χ1v) is 7.65. The van der Waals surface area contributed by atoms with Crippen molar-refractivity contribution in [1.29, 1.82) is 0 Å². The van der Waals surface area contributed by atoms with Gasteiger partial charge in [-0.15, -0.1) is 0 Å². The van der Waals surface area contributed by atoms with Crippen LogP contribution >= 0.6 is 0 Å². The molecule has 0 bridgehead atoms. The summed E-state index contributed by atoms with van der Waals surface area (Å²) in [4.78, 5) is 14.4. The molecule has 3 rings (SSSR count). The second kappa shape index (κ2) is 6.79. The Morgan fingerprint density at radius 3 is 2.52 bits per heavy atom. The van der Waals surface area contributed by atoms with Crippen LogP contribution in [0.3, 0.4) is 0 Å². The Morgan fingerprint density at radius 1 is 1.17 bits per heavy atom. The topological polar surface area (TPSA) is 41.6 Å². The molecule has 2 aromatic carbocycles. The van der Waals surface area contributed by atoms with E-state index >= 15 is 0 Å². The molecule has 0 radical (unpaired) electrons. The zero-order chi connectivity index (χ0) is 16.2. The number of ether oxygens (including phenoxy) is 1. The van der Waals surface area contributed by atoms with E-state index in [4.69, 9.17) is 4.74 Å². The van der Waals surface area contributed by atoms with Crippen LogP contribution in [0.2, 0.25) is 0 Å². The fraction of sp³-hybridized carbons (Fsp3) is 0.278. The Morgan fingerprint density at radius 2 is 1.87 bits per heavy atom. The molecule has 0 aliphatic carbocycles. The van der Waals surface area contributed by atoms with Crippen molar-refractivity contribution >= 4 is 17.3 Å². The van der Waals surface area contributed by atoms with Crippen molar-refractivity contribution in [3.05, 3.63) is 59.9 Å². The van der Waals surface area contributed by atoms with Gasteiger partial charge in [-0.25, -0.2) is 4.39 Å². The minimum Gasteiger partial charge on any atom is -0.377 e. The third kappa shape index (κ3) is 3.68. The minimum absolute atomic E-state index is 0.252. The van der Waals surface area contributed by atoms with E-state index < -0.39 is 0 Å². The van der Waals surface area contributed by atoms with Gasteiger partial charge in [0.25, 0.3) is 5.91 Å². The zero-order valence-corrected chi connectivity index (χ0v) is 13.0. The average Bonchev–Trinajstić information content (AvgIpc) is 2.57. The number of hydrogen-bond acceptors (Lipinski definition) is 3. The Balaban J connectivity index is 1.67. The van der Waals surface area contributed by atoms with Gasteiger partial charge in [0.15, 0.2) is 0 Å². The van der Waals surface area contributed by atoms with Crippen LogP contribution in [-0.4, -0.2) is 31.7 Å². The van der Waals surface area contributed by atoms with Crippen LogP contribution in [0.4, 0.5) is 15.8 Å². The fourth-order valence-electron chi connectivity index (χ4n) is 2.65. The van der Waals surface area contributed by atoms with Crippen LogP contribution in [-0.2, 0) is 4.74 Å². The number of rotatable bonds is 3. The average molecular weight is 314 g/mol. The molecule has 4 nitrogen and oxygen atoms in total. The van der Waals surface area contributed by atoms with Gasteiger partial charge in [0.1, 0.15) is 5.82 Å². The maximum Gasteiger partial charge on any atom is 0.255 e. The van der Waals surface area contributed by atoms with Gasteiger partial charge < -0.3 is 15.0 Å². The standard InChI is InChI=1S/C18H19FN2O2/c1-13-12-23-11-10-21(13)17-8-6-16(7-9-17)20-18(22)14-2-4-15(19)5-3-14/h2-9,13H,10-12H2,1H3,(H,20,22). The lowest BCUT2D eigenvalue weighted by Gasteiger charge is -2.35. The van der Waals surface area contributed by atoms with Crippen molar-refractivity contribution in [3.8, 4) is 0 Å². The molecule has 1 amide bonds. The van der Waals surface area contributed by atoms with E-state index in [9.17, 15) is 9.18 Å². The summed E-state index contributed by atoms with van der Waals surface area (Å²) in [6, 6.07) is 13.5. The molecule has 1 fully saturated rings. The number of benzene rings is 2. The van der Waals surface area contributed by atoms with Gasteiger partial charge in [-0.2, -0.15) is 0 Å². The van der Waals surface area contributed by atoms with Crippen molar-refractivity contribution in [2.24, 2.45) is 0 Å². The third-order valence-corrected chi connectivity index (χ3v) is 3.93. The maximum atomic E-state index is 12.9. The highest BCUT2D eigenvalue weighted by molar-refractivity contribution is 6.04. The van der Waals surface area contributed by atoms with Gasteiger partial charge >= 0.3 is 0 Å². The monoisotopic (exact) mass is 314 g/mol. The molecule has 1 heterocycles. The van der Waals surface area contributed by atoms with E-state index in [-0.39, 0.29) is 11.7 Å². The molecule has 1 N–H and O–H groups in total. The number of nitrogens with one attached hydrogen (secondary N) is 1. The molecule has 1 aliphatic heterocycles. The van der Waals surface area contributed by atoms with Crippen LogP contribution in [0.5, 0.6) is 0 Å². The first-order valence-electron chi connectivity index (χ1n) is 7.65. The minimum atomic E-state index is -0.356. The normalized spacial score (nSPS) is 17.8. The highest BCUT2D eigenvalue weighted by Gasteiger charge is 2.18. The number of carbonyl (C=O) groups excluding carboxylic acids is 1. The van der Waals surface area contributed by atoms with Gasteiger partial charge in [0, 0.05) is 29.5 Å². The Bertz CT molecular complexity index is 670. The van der Waals surface area contributed by atoms with E-state index in [2.05, 4.69) is 17.1 Å². The predicted molar refractivity (Wildman–Crippen MR) is 88.4 cm³/mol. The summed E-state index contributed by atoms with van der Waals surface area (Å²) < 4.78 is 18.3. The molecule has 1 saturated heterocycles. The molecule has 5 heteroatoms. The number of amides is 1. The van der Waals surface area contributed by atoms with E-state index in [1.807, 2.05) is 24.3 Å². The van der Waals surface area contributed by atoms with Gasteiger partial charge in [-0.1, -0.05) is 0 Å². The van der Waals surface area contributed by atoms with Gasteiger partial charge in [-0.3, -0.25) is 4.79 Å². The van der Waals surface area contributed by atoms with Crippen LogP contribution in [0, 0.1) is 5.82 Å². The number of anilines is 2. The van der Waals surface area contributed by atoms with Crippen LogP contribution in [0.15, 0.2) is 48.5 Å². The molecule has 0 aromatic heterocycles. The smallest absolute Gasteiger partial charge is 0.255 e. The number of nitrogens with zero attached hydrogens (tertiary/aromatic N) is 1. The number of halogens is 1. The molecule has 120 valence electrons. The number of morpholine rings is 1. The molecule has 1 atom stereocenters. The van der Waals surface area contributed by atoms with E-state index in [1.165, 1.54) is 24.3 Å². The third-order valence-electron chi connectivity index (χ3n) is 3.93. The van der Waals surface area contributed by atoms with Crippen molar-refractivity contribution in [2.75, 3.05) is 30.0 Å². The molecule has 1 aliphatic rings. The quantitative estimate of drug-likeness (QED) is 0.945. The van der Waals surface area contributed by atoms with Crippen LogP contribution in [0.1, 0.15) is 17.3 Å². The summed E-state index contributed by atoms with van der Waals surface area (Å²) in [5.74, 6) is -0.608. The highest BCUT2D eigenvalue weighted by atomic mass is 19.1. The lowest BCUT2D eigenvalue weighted by molar-refractivity contribution is 0.0989. The maximum absolute atomic E-state index is 12.9. The zero-order valence-electron chi connectivity index (χ0n) is 13.0. The predicted octanol–water partition coefficient (Wildman–Crippen LogP) is 3.30. The summed E-state index contributed by atoms with van der Waals surface area (Å²) in [5, 5.41) is 2.81. The number of carbonyl (C=O) groups is 1. The summed E-state index contributed by atoms with van der Waals surface area (Å²) >= 11 is 0. The molecule has 0 spiro atoms. The van der Waals surface area contributed by atoms with Gasteiger partial charge in [0.05, 0.1) is 13.2 Å². The first-order chi connectivity index (χ1) is 11.1. The lowest BCUT2D eigenvalue weighted by Crippen LogP contribution is -2.43. The second-order valence-electron chi connectivity index (χ2n) is 5.63. The number of hydrogen-bond donors (Lipinski definition) is 1. The lowest BCUT2D eigenvalue weighted by atomic mass is 10.2. The first kappa shape index (κ1) is 15.5. The molecule has 0 saturated carbocycles. The molecular weight excluding hydrogens is 295 g/mol. The van der Waals surface area contributed by atoms with Crippen molar-refractivity contribution in [1.82, 2.24) is 0 Å². The molecule has 1 unspecified atom stereocenters. The molecule has 2 aromatic rings. The summed E-state index contributed by atoms with van der Waals surface area (Å²) in [6.07, 6.45) is 0. The largest absolute Gasteiger partial charge is 0.377 e. The molecular formula is C18H19FN2O2. The second-order valence-corrected chi connectivity index (χ2v) is 5.63. The summed E-state index contributed by atoms with van der Waals surface area (Å²) in [7, 11) is 0. The fourth-order valence-corrected chi connectivity index (χ4v) is 2.65. The van der Waals surface area contributed by atoms with Gasteiger partial charge in [0.2, 0.25) is 0 Å². The Kier molecular flexibility index (Phi) is 4.57. The molecule has 23 heavy (non-hydrogen) atoms. The van der Waals surface area contributed by atoms with E-state index in [1.54, 1.807) is 0 Å². The van der Waals surface area contributed by atoms with E-state index in [0.29, 0.717) is 17.3 Å².